The molecule has 2 amide bonds. The summed E-state index contributed by atoms with van der Waals surface area (Å²) >= 11 is 0. The van der Waals surface area contributed by atoms with Gasteiger partial charge in [-0.3, -0.25) is 14.5 Å². The lowest BCUT2D eigenvalue weighted by Gasteiger charge is -2.41. The van der Waals surface area contributed by atoms with E-state index in [4.69, 9.17) is 9.47 Å². The fourth-order valence-electron chi connectivity index (χ4n) is 4.87. The number of methoxy groups -OCH3 is 2. The first-order chi connectivity index (χ1) is 14.0. The van der Waals surface area contributed by atoms with Crippen LogP contribution < -0.4 is 14.4 Å². The fraction of sp³-hybridized carbons (Fsp3) is 0.304. The Morgan fingerprint density at radius 3 is 2.52 bits per heavy atom. The second kappa shape index (κ2) is 6.37. The predicted molar refractivity (Wildman–Crippen MR) is 109 cm³/mol. The molecule has 0 aromatic heterocycles. The Labute approximate surface area is 169 Å². The second-order valence-corrected chi connectivity index (χ2v) is 7.63. The molecule has 6 heteroatoms. The number of fused-ring (bicyclic) bond motifs is 7. The molecular formula is C23H22N2O4. The van der Waals surface area contributed by atoms with Gasteiger partial charge in [-0.15, -0.1) is 0 Å². The lowest BCUT2D eigenvalue weighted by atomic mass is 9.82. The molecule has 29 heavy (non-hydrogen) atoms. The molecule has 2 atom stereocenters. The summed E-state index contributed by atoms with van der Waals surface area (Å²) in [7, 11) is 4.79. The molecule has 2 unspecified atom stereocenters. The largest absolute Gasteiger partial charge is 0.493 e. The van der Waals surface area contributed by atoms with Gasteiger partial charge in [0.05, 0.1) is 26.2 Å². The van der Waals surface area contributed by atoms with Crippen molar-refractivity contribution in [3.8, 4) is 11.5 Å². The molecule has 0 aliphatic carbocycles. The van der Waals surface area contributed by atoms with Crippen LogP contribution in [0.3, 0.4) is 0 Å². The number of likely N-dealkylation sites (N-methyl/N-ethyl adjacent to an activating group) is 1. The average Bonchev–Trinajstić information content (AvgIpc) is 2.89. The Bertz CT molecular complexity index is 1070. The molecule has 0 spiro atoms. The normalized spacial score (nSPS) is 22.2. The van der Waals surface area contributed by atoms with Gasteiger partial charge in [0.15, 0.2) is 11.5 Å². The first kappa shape index (κ1) is 17.8. The zero-order valence-corrected chi connectivity index (χ0v) is 16.6. The van der Waals surface area contributed by atoms with Crippen LogP contribution >= 0.6 is 0 Å². The van der Waals surface area contributed by atoms with E-state index in [1.807, 2.05) is 36.4 Å². The Kier molecular flexibility index (Phi) is 3.91. The summed E-state index contributed by atoms with van der Waals surface area (Å²) < 4.78 is 11.0. The zero-order chi connectivity index (χ0) is 20.3. The van der Waals surface area contributed by atoms with Crippen molar-refractivity contribution in [3.63, 3.8) is 0 Å². The number of carbonyl (C=O) groups excluding carboxylic acids is 2. The summed E-state index contributed by atoms with van der Waals surface area (Å²) in [4.78, 5) is 29.6. The van der Waals surface area contributed by atoms with E-state index in [1.54, 1.807) is 21.3 Å². The molecule has 1 fully saturated rings. The topological polar surface area (TPSA) is 59.1 Å². The van der Waals surface area contributed by atoms with E-state index in [-0.39, 0.29) is 17.9 Å². The van der Waals surface area contributed by atoms with Crippen LogP contribution in [0.5, 0.6) is 11.5 Å². The van der Waals surface area contributed by atoms with Gasteiger partial charge in [-0.1, -0.05) is 18.2 Å². The first-order valence-corrected chi connectivity index (χ1v) is 9.69. The van der Waals surface area contributed by atoms with Crippen molar-refractivity contribution < 1.29 is 19.1 Å². The molecule has 2 aromatic rings. The smallest absolute Gasteiger partial charge is 0.257 e. The number of amides is 2. The molecule has 148 valence electrons. The number of likely N-dealkylation sites (tertiary alicyclic amines) is 1. The summed E-state index contributed by atoms with van der Waals surface area (Å²) in [6.45, 7) is 0.757. The SMILES string of the molecule is COc1cc2c(cc1OC)C1C3C(=O)N(C)C(=O)C3=Cc3ccccc3N1CC2. The molecule has 1 saturated heterocycles. The highest BCUT2D eigenvalue weighted by molar-refractivity contribution is 6.18. The van der Waals surface area contributed by atoms with Gasteiger partial charge in [-0.05, 0) is 47.4 Å². The molecule has 0 bridgehead atoms. The predicted octanol–water partition coefficient (Wildman–Crippen LogP) is 2.82. The molecule has 6 nitrogen and oxygen atoms in total. The average molecular weight is 390 g/mol. The molecule has 3 heterocycles. The van der Waals surface area contributed by atoms with Crippen molar-refractivity contribution in [2.75, 3.05) is 32.7 Å². The van der Waals surface area contributed by atoms with E-state index in [2.05, 4.69) is 11.0 Å². The molecule has 0 saturated carbocycles. The van der Waals surface area contributed by atoms with Crippen molar-refractivity contribution in [1.82, 2.24) is 4.90 Å². The van der Waals surface area contributed by atoms with Gasteiger partial charge in [-0.25, -0.2) is 0 Å². The zero-order valence-electron chi connectivity index (χ0n) is 16.6. The molecule has 2 aromatic carbocycles. The number of nitrogens with zero attached hydrogens (tertiary/aromatic N) is 2. The minimum absolute atomic E-state index is 0.160. The van der Waals surface area contributed by atoms with E-state index in [1.165, 1.54) is 4.90 Å². The second-order valence-electron chi connectivity index (χ2n) is 7.63. The van der Waals surface area contributed by atoms with Gasteiger partial charge < -0.3 is 14.4 Å². The van der Waals surface area contributed by atoms with Gasteiger partial charge in [-0.2, -0.15) is 0 Å². The number of hydrogen-bond donors (Lipinski definition) is 0. The van der Waals surface area contributed by atoms with Gasteiger partial charge in [0, 0.05) is 24.9 Å². The van der Waals surface area contributed by atoms with Crippen molar-refractivity contribution in [2.24, 2.45) is 5.92 Å². The Morgan fingerprint density at radius 1 is 1.03 bits per heavy atom. The van der Waals surface area contributed by atoms with Crippen LogP contribution in [0.1, 0.15) is 22.7 Å². The molecule has 3 aliphatic heterocycles. The van der Waals surface area contributed by atoms with Crippen molar-refractivity contribution in [1.29, 1.82) is 0 Å². The van der Waals surface area contributed by atoms with Crippen LogP contribution in [0.4, 0.5) is 5.69 Å². The Hall–Kier alpha value is -3.28. The number of rotatable bonds is 2. The lowest BCUT2D eigenvalue weighted by molar-refractivity contribution is -0.137. The van der Waals surface area contributed by atoms with E-state index in [0.717, 1.165) is 35.3 Å². The highest BCUT2D eigenvalue weighted by atomic mass is 16.5. The minimum atomic E-state index is -0.544. The maximum atomic E-state index is 13.2. The van der Waals surface area contributed by atoms with Crippen LogP contribution in [0.15, 0.2) is 42.0 Å². The summed E-state index contributed by atoms with van der Waals surface area (Å²) in [6, 6.07) is 11.7. The van der Waals surface area contributed by atoms with Gasteiger partial charge in [0.2, 0.25) is 5.91 Å². The fourth-order valence-corrected chi connectivity index (χ4v) is 4.87. The van der Waals surface area contributed by atoms with E-state index in [0.29, 0.717) is 17.1 Å². The number of ether oxygens (including phenoxy) is 2. The number of anilines is 1. The minimum Gasteiger partial charge on any atom is -0.493 e. The molecule has 5 rings (SSSR count). The lowest BCUT2D eigenvalue weighted by Crippen LogP contribution is -2.42. The van der Waals surface area contributed by atoms with E-state index >= 15 is 0 Å². The van der Waals surface area contributed by atoms with Crippen molar-refractivity contribution >= 4 is 23.6 Å². The summed E-state index contributed by atoms with van der Waals surface area (Å²) in [5.74, 6) is 0.379. The third kappa shape index (κ3) is 2.41. The van der Waals surface area contributed by atoms with Gasteiger partial charge in [0.1, 0.15) is 0 Å². The summed E-state index contributed by atoms with van der Waals surface area (Å²) in [6.07, 6.45) is 2.71. The molecule has 3 aliphatic rings. The van der Waals surface area contributed by atoms with Crippen LogP contribution in [0, 0.1) is 5.92 Å². The monoisotopic (exact) mass is 390 g/mol. The van der Waals surface area contributed by atoms with E-state index < -0.39 is 5.92 Å². The highest BCUT2D eigenvalue weighted by Crippen LogP contribution is 2.50. The quantitative estimate of drug-likeness (QED) is 0.738. The Balaban J connectivity index is 1.78. The van der Waals surface area contributed by atoms with Crippen LogP contribution in [-0.2, 0) is 16.0 Å². The molecule has 0 N–H and O–H groups in total. The van der Waals surface area contributed by atoms with Crippen LogP contribution in [-0.4, -0.2) is 44.5 Å². The van der Waals surface area contributed by atoms with Gasteiger partial charge in [0.25, 0.3) is 5.91 Å². The summed E-state index contributed by atoms with van der Waals surface area (Å²) in [5, 5.41) is 0. The summed E-state index contributed by atoms with van der Waals surface area (Å²) in [5.41, 5.74) is 4.70. The molecular weight excluding hydrogens is 368 g/mol. The maximum absolute atomic E-state index is 13.2. The van der Waals surface area contributed by atoms with Crippen LogP contribution in [0.25, 0.3) is 6.08 Å². The van der Waals surface area contributed by atoms with Crippen molar-refractivity contribution in [2.45, 2.75) is 12.5 Å². The van der Waals surface area contributed by atoms with E-state index in [9.17, 15) is 9.59 Å². The number of benzene rings is 2. The van der Waals surface area contributed by atoms with Gasteiger partial charge >= 0.3 is 0 Å². The maximum Gasteiger partial charge on any atom is 0.257 e. The first-order valence-electron chi connectivity index (χ1n) is 9.69. The number of para-hydroxylation sites is 1. The number of hydrogen-bond acceptors (Lipinski definition) is 5. The Morgan fingerprint density at radius 2 is 1.76 bits per heavy atom. The highest BCUT2D eigenvalue weighted by Gasteiger charge is 2.50. The number of imide groups is 1. The third-order valence-corrected chi connectivity index (χ3v) is 6.28. The van der Waals surface area contributed by atoms with Crippen molar-refractivity contribution in [3.05, 3.63) is 58.7 Å². The standard InChI is InChI=1S/C23H22N2O4/c1-24-22(26)16-10-14-6-4-5-7-17(14)25-9-8-13-11-18(28-2)19(29-3)12-15(13)21(25)20(16)23(24)27/h4-7,10-12,20-21H,8-9H2,1-3H3. The molecule has 0 radical (unpaired) electrons. The number of carbonyl (C=O) groups is 2. The van der Waals surface area contributed by atoms with Crippen LogP contribution in [0.2, 0.25) is 0 Å². The third-order valence-electron chi connectivity index (χ3n) is 6.28.